The molecule has 0 spiro atoms. The number of nitrogens with two attached hydrogens (primary N) is 1. The van der Waals surface area contributed by atoms with Crippen LogP contribution in [0.15, 0.2) is 40.9 Å². The molecule has 4 N–H and O–H groups in total. The smallest absolute Gasteiger partial charge is 0.335 e. The lowest BCUT2D eigenvalue weighted by Crippen LogP contribution is -2.13. The van der Waals surface area contributed by atoms with E-state index in [9.17, 15) is 9.59 Å². The maximum absolute atomic E-state index is 12.1. The SMILES string of the molecule is Nc1cc(Cl)cc(C(=O)Nc2cc(Br)cc(C(=O)O)c2)c1. The van der Waals surface area contributed by atoms with Crippen LogP contribution in [0.4, 0.5) is 11.4 Å². The number of hydrogen-bond acceptors (Lipinski definition) is 3. The molecule has 2 aromatic rings. The van der Waals surface area contributed by atoms with Gasteiger partial charge in [0.15, 0.2) is 0 Å². The minimum Gasteiger partial charge on any atom is -0.478 e. The van der Waals surface area contributed by atoms with Crippen LogP contribution in [0.25, 0.3) is 0 Å². The summed E-state index contributed by atoms with van der Waals surface area (Å²) in [6, 6.07) is 8.88. The summed E-state index contributed by atoms with van der Waals surface area (Å²) in [6.07, 6.45) is 0. The van der Waals surface area contributed by atoms with Crippen molar-refractivity contribution in [3.8, 4) is 0 Å². The molecule has 0 radical (unpaired) electrons. The van der Waals surface area contributed by atoms with Crippen LogP contribution < -0.4 is 11.1 Å². The normalized spacial score (nSPS) is 10.2. The lowest BCUT2D eigenvalue weighted by Gasteiger charge is -2.08. The van der Waals surface area contributed by atoms with E-state index in [0.717, 1.165) is 0 Å². The number of aromatic carboxylic acids is 1. The van der Waals surface area contributed by atoms with Gasteiger partial charge in [0.25, 0.3) is 5.91 Å². The number of nitrogen functional groups attached to an aromatic ring is 1. The standard InChI is InChI=1S/C14H10BrClN2O3/c15-9-1-8(14(20)21)4-12(5-9)18-13(19)7-2-10(16)6-11(17)3-7/h1-6H,17H2,(H,18,19)(H,20,21). The number of carbonyl (C=O) groups is 2. The van der Waals surface area contributed by atoms with Crippen molar-refractivity contribution in [1.29, 1.82) is 0 Å². The van der Waals surface area contributed by atoms with Gasteiger partial charge in [0.2, 0.25) is 0 Å². The summed E-state index contributed by atoms with van der Waals surface area (Å²) in [6.45, 7) is 0. The third-order valence-corrected chi connectivity index (χ3v) is 3.26. The maximum atomic E-state index is 12.1. The van der Waals surface area contributed by atoms with Gasteiger partial charge in [-0.3, -0.25) is 4.79 Å². The molecule has 0 heterocycles. The number of amides is 1. The first-order valence-electron chi connectivity index (χ1n) is 5.76. The highest BCUT2D eigenvalue weighted by atomic mass is 79.9. The second-order valence-electron chi connectivity index (χ2n) is 4.26. The quantitative estimate of drug-likeness (QED) is 0.720. The molecule has 0 unspecified atom stereocenters. The molecule has 0 aliphatic heterocycles. The number of hydrogen-bond donors (Lipinski definition) is 3. The lowest BCUT2D eigenvalue weighted by molar-refractivity contribution is 0.0696. The number of rotatable bonds is 3. The highest BCUT2D eigenvalue weighted by molar-refractivity contribution is 9.10. The van der Waals surface area contributed by atoms with E-state index in [1.165, 1.54) is 30.3 Å². The van der Waals surface area contributed by atoms with Gasteiger partial charge in [0.05, 0.1) is 5.56 Å². The lowest BCUT2D eigenvalue weighted by atomic mass is 10.1. The molecule has 0 atom stereocenters. The number of benzene rings is 2. The fourth-order valence-corrected chi connectivity index (χ4v) is 2.47. The first-order chi connectivity index (χ1) is 9.85. The van der Waals surface area contributed by atoms with Crippen molar-refractivity contribution < 1.29 is 14.7 Å². The van der Waals surface area contributed by atoms with E-state index < -0.39 is 11.9 Å². The monoisotopic (exact) mass is 368 g/mol. The molecule has 1 amide bonds. The molecule has 2 aromatic carbocycles. The van der Waals surface area contributed by atoms with Gasteiger partial charge in [0.1, 0.15) is 0 Å². The molecule has 5 nitrogen and oxygen atoms in total. The highest BCUT2D eigenvalue weighted by Gasteiger charge is 2.11. The number of carboxylic acid groups (broad SMARTS) is 1. The topological polar surface area (TPSA) is 92.4 Å². The predicted octanol–water partition coefficient (Wildman–Crippen LogP) is 3.64. The Kier molecular flexibility index (Phi) is 4.50. The van der Waals surface area contributed by atoms with Gasteiger partial charge in [-0.2, -0.15) is 0 Å². The van der Waals surface area contributed by atoms with E-state index in [1.54, 1.807) is 6.07 Å². The fraction of sp³-hybridized carbons (Fsp3) is 0. The summed E-state index contributed by atoms with van der Waals surface area (Å²) in [5, 5.41) is 11.9. The summed E-state index contributed by atoms with van der Waals surface area (Å²) >= 11 is 9.04. The highest BCUT2D eigenvalue weighted by Crippen LogP contribution is 2.22. The zero-order chi connectivity index (χ0) is 15.6. The first-order valence-corrected chi connectivity index (χ1v) is 6.93. The van der Waals surface area contributed by atoms with Crippen molar-refractivity contribution in [2.75, 3.05) is 11.1 Å². The maximum Gasteiger partial charge on any atom is 0.335 e. The van der Waals surface area contributed by atoms with Gasteiger partial charge in [-0.05, 0) is 36.4 Å². The van der Waals surface area contributed by atoms with Crippen molar-refractivity contribution in [3.63, 3.8) is 0 Å². The minimum absolute atomic E-state index is 0.0604. The molecule has 0 saturated heterocycles. The second-order valence-corrected chi connectivity index (χ2v) is 5.61. The predicted molar refractivity (Wildman–Crippen MR) is 84.9 cm³/mol. The summed E-state index contributed by atoms with van der Waals surface area (Å²) in [5.41, 5.74) is 6.70. The molecule has 2 rings (SSSR count). The van der Waals surface area contributed by atoms with Gasteiger partial charge < -0.3 is 16.2 Å². The van der Waals surface area contributed by atoms with Gasteiger partial charge in [-0.1, -0.05) is 27.5 Å². The Hall–Kier alpha value is -2.05. The molecular weight excluding hydrogens is 360 g/mol. The Labute approximate surface area is 133 Å². The summed E-state index contributed by atoms with van der Waals surface area (Å²) in [7, 11) is 0. The number of carboxylic acids is 1. The van der Waals surface area contributed by atoms with Gasteiger partial charge in [-0.25, -0.2) is 4.79 Å². The van der Waals surface area contributed by atoms with Crippen molar-refractivity contribution in [1.82, 2.24) is 0 Å². The molecule has 108 valence electrons. The Balaban J connectivity index is 2.29. The van der Waals surface area contributed by atoms with Crippen LogP contribution in [0.1, 0.15) is 20.7 Å². The Bertz CT molecular complexity index is 714. The van der Waals surface area contributed by atoms with Crippen molar-refractivity contribution in [2.45, 2.75) is 0 Å². The molecule has 0 fully saturated rings. The Morgan fingerprint density at radius 2 is 1.81 bits per heavy atom. The van der Waals surface area contributed by atoms with Crippen molar-refractivity contribution >= 4 is 50.8 Å². The molecule has 21 heavy (non-hydrogen) atoms. The van der Waals surface area contributed by atoms with E-state index in [-0.39, 0.29) is 11.1 Å². The van der Waals surface area contributed by atoms with E-state index in [2.05, 4.69) is 21.2 Å². The van der Waals surface area contributed by atoms with E-state index in [4.69, 9.17) is 22.4 Å². The van der Waals surface area contributed by atoms with Gasteiger partial charge in [-0.15, -0.1) is 0 Å². The summed E-state index contributed by atoms with van der Waals surface area (Å²) in [4.78, 5) is 23.1. The van der Waals surface area contributed by atoms with E-state index in [1.807, 2.05) is 0 Å². The molecule has 0 bridgehead atoms. The Morgan fingerprint density at radius 1 is 1.10 bits per heavy atom. The average Bonchev–Trinajstić information content (AvgIpc) is 2.36. The number of halogens is 2. The average molecular weight is 370 g/mol. The fourth-order valence-electron chi connectivity index (χ4n) is 1.73. The third-order valence-electron chi connectivity index (χ3n) is 2.58. The number of nitrogens with one attached hydrogen (secondary N) is 1. The summed E-state index contributed by atoms with van der Waals surface area (Å²) in [5.74, 6) is -1.52. The zero-order valence-electron chi connectivity index (χ0n) is 10.6. The zero-order valence-corrected chi connectivity index (χ0v) is 12.9. The minimum atomic E-state index is -1.08. The van der Waals surface area contributed by atoms with Crippen molar-refractivity contribution in [2.24, 2.45) is 0 Å². The molecule has 0 aliphatic carbocycles. The van der Waals surface area contributed by atoms with E-state index >= 15 is 0 Å². The van der Waals surface area contributed by atoms with Gasteiger partial charge >= 0.3 is 5.97 Å². The van der Waals surface area contributed by atoms with Crippen LogP contribution in [-0.4, -0.2) is 17.0 Å². The molecule has 0 aliphatic rings. The molecule has 0 saturated carbocycles. The van der Waals surface area contributed by atoms with Crippen LogP contribution in [0.3, 0.4) is 0 Å². The van der Waals surface area contributed by atoms with Crippen molar-refractivity contribution in [3.05, 3.63) is 57.0 Å². The van der Waals surface area contributed by atoms with Gasteiger partial charge in [0, 0.05) is 26.4 Å². The molecular formula is C14H10BrClN2O3. The number of carbonyl (C=O) groups excluding carboxylic acids is 1. The molecule has 0 aromatic heterocycles. The van der Waals surface area contributed by atoms with Crippen LogP contribution in [0.2, 0.25) is 5.02 Å². The largest absolute Gasteiger partial charge is 0.478 e. The van der Waals surface area contributed by atoms with E-state index in [0.29, 0.717) is 20.9 Å². The number of anilines is 2. The third kappa shape index (κ3) is 3.96. The summed E-state index contributed by atoms with van der Waals surface area (Å²) < 4.78 is 0.545. The second kappa shape index (κ2) is 6.15. The Morgan fingerprint density at radius 3 is 2.43 bits per heavy atom. The first kappa shape index (κ1) is 15.3. The van der Waals surface area contributed by atoms with Crippen LogP contribution in [-0.2, 0) is 0 Å². The van der Waals surface area contributed by atoms with Crippen LogP contribution >= 0.6 is 27.5 Å². The van der Waals surface area contributed by atoms with Crippen LogP contribution in [0.5, 0.6) is 0 Å². The molecule has 7 heteroatoms. The van der Waals surface area contributed by atoms with Crippen LogP contribution in [0, 0.1) is 0 Å².